The molecule has 0 unspecified atom stereocenters. The number of carbonyl (C=O) groups is 2. The van der Waals surface area contributed by atoms with Crippen LogP contribution < -0.4 is 4.90 Å². The number of fused-ring (bicyclic) bond motifs is 1. The van der Waals surface area contributed by atoms with Crippen LogP contribution in [0.4, 0.5) is 5.69 Å². The van der Waals surface area contributed by atoms with E-state index in [4.69, 9.17) is 0 Å². The molecule has 2 aromatic carbocycles. The number of carboxylic acids is 1. The minimum Gasteiger partial charge on any atom is -0.477 e. The maximum absolute atomic E-state index is 13.0. The molecule has 5 heteroatoms. The van der Waals surface area contributed by atoms with E-state index in [1.165, 1.54) is 0 Å². The van der Waals surface area contributed by atoms with Gasteiger partial charge >= 0.3 is 5.97 Å². The van der Waals surface area contributed by atoms with Gasteiger partial charge in [-0.05, 0) is 37.1 Å². The number of anilines is 1. The fourth-order valence-corrected chi connectivity index (χ4v) is 3.23. The lowest BCUT2D eigenvalue weighted by Crippen LogP contribution is -2.33. The number of aryl methyl sites for hydroxylation is 1. The third-order valence-corrected chi connectivity index (χ3v) is 4.42. The first-order valence-electron chi connectivity index (χ1n) is 8.71. The molecule has 1 aromatic heterocycles. The Labute approximate surface area is 152 Å². The van der Waals surface area contributed by atoms with E-state index in [2.05, 4.69) is 4.98 Å². The van der Waals surface area contributed by atoms with Gasteiger partial charge in [0.25, 0.3) is 0 Å². The summed E-state index contributed by atoms with van der Waals surface area (Å²) < 4.78 is 0. The molecule has 0 fully saturated rings. The summed E-state index contributed by atoms with van der Waals surface area (Å²) in [5.41, 5.74) is 3.26. The molecule has 2 N–H and O–H groups in total. The first-order valence-corrected chi connectivity index (χ1v) is 8.71. The number of benzene rings is 2. The van der Waals surface area contributed by atoms with Crippen LogP contribution in [0, 0.1) is 6.92 Å². The summed E-state index contributed by atoms with van der Waals surface area (Å²) in [4.78, 5) is 29.3. The van der Waals surface area contributed by atoms with Crippen LogP contribution in [0.3, 0.4) is 0 Å². The van der Waals surface area contributed by atoms with Gasteiger partial charge in [0, 0.05) is 28.7 Å². The Morgan fingerprint density at radius 2 is 1.88 bits per heavy atom. The molecule has 5 nitrogen and oxygen atoms in total. The molecule has 0 atom stereocenters. The van der Waals surface area contributed by atoms with Crippen LogP contribution in [0.25, 0.3) is 10.9 Å². The van der Waals surface area contributed by atoms with Gasteiger partial charge in [-0.25, -0.2) is 4.79 Å². The molecule has 134 valence electrons. The lowest BCUT2D eigenvalue weighted by atomic mass is 10.1. The van der Waals surface area contributed by atoms with Crippen LogP contribution in [0.5, 0.6) is 0 Å². The normalized spacial score (nSPS) is 10.8. The average Bonchev–Trinajstić information content (AvgIpc) is 2.98. The Morgan fingerprint density at radius 1 is 1.12 bits per heavy atom. The maximum atomic E-state index is 13.0. The van der Waals surface area contributed by atoms with Crippen molar-refractivity contribution in [3.63, 3.8) is 0 Å². The van der Waals surface area contributed by atoms with Crippen molar-refractivity contribution in [1.82, 2.24) is 4.98 Å². The van der Waals surface area contributed by atoms with Crippen molar-refractivity contribution >= 4 is 28.5 Å². The lowest BCUT2D eigenvalue weighted by Gasteiger charge is -2.23. The summed E-state index contributed by atoms with van der Waals surface area (Å²) in [5, 5.41) is 10.3. The molecule has 3 rings (SSSR count). The predicted octanol–water partition coefficient (Wildman–Crippen LogP) is 4.16. The minimum absolute atomic E-state index is 0.0413. The van der Waals surface area contributed by atoms with E-state index in [0.717, 1.165) is 28.6 Å². The zero-order chi connectivity index (χ0) is 18.7. The van der Waals surface area contributed by atoms with Gasteiger partial charge < -0.3 is 15.0 Å². The molecule has 3 aromatic rings. The number of nitrogens with zero attached hydrogens (tertiary/aromatic N) is 1. The smallest absolute Gasteiger partial charge is 0.352 e. The summed E-state index contributed by atoms with van der Waals surface area (Å²) in [6.07, 6.45) is 0.860. The first kappa shape index (κ1) is 17.7. The van der Waals surface area contributed by atoms with Gasteiger partial charge in [-0.1, -0.05) is 37.3 Å². The Morgan fingerprint density at radius 3 is 2.58 bits per heavy atom. The number of aromatic carboxylic acids is 1. The van der Waals surface area contributed by atoms with E-state index >= 15 is 0 Å². The molecule has 1 amide bonds. The highest BCUT2D eigenvalue weighted by Gasteiger charge is 2.22. The third-order valence-electron chi connectivity index (χ3n) is 4.42. The van der Waals surface area contributed by atoms with Crippen molar-refractivity contribution < 1.29 is 14.7 Å². The maximum Gasteiger partial charge on any atom is 0.352 e. The second-order valence-electron chi connectivity index (χ2n) is 6.39. The van der Waals surface area contributed by atoms with Gasteiger partial charge in [-0.3, -0.25) is 4.79 Å². The van der Waals surface area contributed by atoms with Crippen molar-refractivity contribution in [3.8, 4) is 0 Å². The Hall–Kier alpha value is -3.08. The number of carboxylic acid groups (broad SMARTS) is 1. The van der Waals surface area contributed by atoms with E-state index in [1.807, 2.05) is 62.4 Å². The second-order valence-corrected chi connectivity index (χ2v) is 6.39. The highest BCUT2D eigenvalue weighted by atomic mass is 16.4. The number of rotatable bonds is 6. The van der Waals surface area contributed by atoms with Crippen molar-refractivity contribution in [2.45, 2.75) is 26.7 Å². The van der Waals surface area contributed by atoms with Gasteiger partial charge in [-0.2, -0.15) is 0 Å². The molecule has 0 saturated carbocycles. The lowest BCUT2D eigenvalue weighted by molar-refractivity contribution is -0.118. The largest absolute Gasteiger partial charge is 0.477 e. The molecule has 0 radical (unpaired) electrons. The van der Waals surface area contributed by atoms with Crippen LogP contribution in [0.2, 0.25) is 0 Å². The monoisotopic (exact) mass is 350 g/mol. The summed E-state index contributed by atoms with van der Waals surface area (Å²) in [5.74, 6) is -1.16. The second kappa shape index (κ2) is 7.44. The van der Waals surface area contributed by atoms with E-state index < -0.39 is 5.97 Å². The quantitative estimate of drug-likeness (QED) is 0.701. The number of amides is 1. The van der Waals surface area contributed by atoms with Gasteiger partial charge in [-0.15, -0.1) is 0 Å². The van der Waals surface area contributed by atoms with Crippen molar-refractivity contribution in [2.75, 3.05) is 11.4 Å². The van der Waals surface area contributed by atoms with Gasteiger partial charge in [0.05, 0.1) is 6.42 Å². The standard InChI is InChI=1S/C21H22N2O3/c1-3-11-23(15-8-6-7-14(2)12-15)19(24)13-17-16-9-4-5-10-18(16)22-20(17)21(25)26/h4-10,12,22H,3,11,13H2,1-2H3,(H,25,26). The number of nitrogens with one attached hydrogen (secondary N) is 1. The third kappa shape index (κ3) is 3.47. The molecular weight excluding hydrogens is 328 g/mol. The average molecular weight is 350 g/mol. The highest BCUT2D eigenvalue weighted by Crippen LogP contribution is 2.25. The zero-order valence-electron chi connectivity index (χ0n) is 15.0. The number of hydrogen-bond donors (Lipinski definition) is 2. The predicted molar refractivity (Wildman–Crippen MR) is 103 cm³/mol. The molecule has 0 aliphatic heterocycles. The van der Waals surface area contributed by atoms with Crippen LogP contribution in [0.1, 0.15) is 35.0 Å². The molecule has 0 saturated heterocycles. The van der Waals surface area contributed by atoms with Crippen molar-refractivity contribution in [1.29, 1.82) is 0 Å². The SMILES string of the molecule is CCCN(C(=O)Cc1c(C(=O)O)[nH]c2ccccc12)c1cccc(C)c1. The number of hydrogen-bond acceptors (Lipinski definition) is 2. The number of carbonyl (C=O) groups excluding carboxylic acids is 1. The fraction of sp³-hybridized carbons (Fsp3) is 0.238. The summed E-state index contributed by atoms with van der Waals surface area (Å²) in [6, 6.07) is 15.1. The van der Waals surface area contributed by atoms with Crippen LogP contribution in [0.15, 0.2) is 48.5 Å². The molecule has 0 aliphatic rings. The Bertz CT molecular complexity index is 959. The van der Waals surface area contributed by atoms with E-state index in [0.29, 0.717) is 12.1 Å². The molecule has 26 heavy (non-hydrogen) atoms. The number of aromatic nitrogens is 1. The molecule has 0 bridgehead atoms. The van der Waals surface area contributed by atoms with Crippen LogP contribution in [-0.2, 0) is 11.2 Å². The van der Waals surface area contributed by atoms with Gasteiger partial charge in [0.2, 0.25) is 5.91 Å². The van der Waals surface area contributed by atoms with Gasteiger partial charge in [0.15, 0.2) is 0 Å². The van der Waals surface area contributed by atoms with Crippen molar-refractivity contribution in [2.24, 2.45) is 0 Å². The number of para-hydroxylation sites is 1. The Balaban J connectivity index is 1.98. The highest BCUT2D eigenvalue weighted by molar-refractivity contribution is 6.03. The molecule has 1 heterocycles. The van der Waals surface area contributed by atoms with E-state index in [1.54, 1.807) is 4.90 Å². The summed E-state index contributed by atoms with van der Waals surface area (Å²) >= 11 is 0. The van der Waals surface area contributed by atoms with E-state index in [9.17, 15) is 14.7 Å². The molecule has 0 aliphatic carbocycles. The Kier molecular flexibility index (Phi) is 5.07. The van der Waals surface area contributed by atoms with Crippen molar-refractivity contribution in [3.05, 3.63) is 65.4 Å². The molecular formula is C21H22N2O3. The number of H-pyrrole nitrogens is 1. The van der Waals surface area contributed by atoms with Crippen LogP contribution >= 0.6 is 0 Å². The summed E-state index contributed by atoms with van der Waals surface area (Å²) in [6.45, 7) is 4.60. The van der Waals surface area contributed by atoms with Crippen LogP contribution in [-0.4, -0.2) is 28.5 Å². The minimum atomic E-state index is -1.05. The topological polar surface area (TPSA) is 73.4 Å². The first-order chi connectivity index (χ1) is 12.5. The van der Waals surface area contributed by atoms with E-state index in [-0.39, 0.29) is 18.0 Å². The zero-order valence-corrected chi connectivity index (χ0v) is 15.0. The number of aromatic amines is 1. The summed E-state index contributed by atoms with van der Waals surface area (Å²) in [7, 11) is 0. The fourth-order valence-electron chi connectivity index (χ4n) is 3.23. The molecule has 0 spiro atoms. The van der Waals surface area contributed by atoms with Gasteiger partial charge in [0.1, 0.15) is 5.69 Å².